The lowest BCUT2D eigenvalue weighted by Crippen LogP contribution is -2.66. The predicted molar refractivity (Wildman–Crippen MR) is 114 cm³/mol. The Bertz CT molecular complexity index is 1040. The summed E-state index contributed by atoms with van der Waals surface area (Å²) in [6, 6.07) is 2.89. The number of carbonyl (C=O) groups is 2. The van der Waals surface area contributed by atoms with Crippen molar-refractivity contribution in [3.05, 3.63) is 29.5 Å². The molecular weight excluding hydrogens is 420 g/mol. The van der Waals surface area contributed by atoms with E-state index in [1.165, 1.54) is 12.1 Å². The van der Waals surface area contributed by atoms with E-state index in [4.69, 9.17) is 0 Å². The molecule has 1 fully saturated rings. The molecule has 1 aromatic carbocycles. The number of rotatable bonds is 6. The summed E-state index contributed by atoms with van der Waals surface area (Å²) in [6.07, 6.45) is 1.07. The minimum absolute atomic E-state index is 0.0447. The average molecular weight is 449 g/mol. The predicted octanol–water partition coefficient (Wildman–Crippen LogP) is 3.27. The van der Waals surface area contributed by atoms with E-state index in [1.807, 2.05) is 13.8 Å². The summed E-state index contributed by atoms with van der Waals surface area (Å²) in [5, 5.41) is 13.9. The zero-order valence-corrected chi connectivity index (χ0v) is 18.6. The van der Waals surface area contributed by atoms with Crippen LogP contribution in [0.2, 0.25) is 0 Å². The Morgan fingerprint density at radius 1 is 1.28 bits per heavy atom. The molecule has 0 aliphatic carbocycles. The number of H-pyrrole nitrogens is 1. The van der Waals surface area contributed by atoms with Crippen molar-refractivity contribution in [1.82, 2.24) is 15.2 Å². The maximum absolute atomic E-state index is 13.5. The number of halogens is 2. The van der Waals surface area contributed by atoms with Crippen molar-refractivity contribution in [2.75, 3.05) is 0 Å². The van der Waals surface area contributed by atoms with Crippen LogP contribution < -0.4 is 10.1 Å². The fraction of sp³-hybridized carbons (Fsp3) is 0.565. The van der Waals surface area contributed by atoms with Gasteiger partial charge < -0.3 is 25.0 Å². The molecule has 0 spiro atoms. The standard InChI is InChI=1S/C23H29F2N3O4/c1-11(2)7-17-19-14(13-6-5-12(32-22(24)25)8-15(13)26-19)9-18-20(29)27-16(10-23(3,4)31)21(30)28(17)18/h5-6,8,11,16-18,22,26,31H,7,9-10H2,1-4H3,(H,27,29)/t16?,17-,18-/m0/s1. The number of piperazine rings is 1. The van der Waals surface area contributed by atoms with E-state index in [0.717, 1.165) is 16.6 Å². The number of aliphatic hydroxyl groups is 1. The fourth-order valence-electron chi connectivity index (χ4n) is 4.94. The van der Waals surface area contributed by atoms with Crippen LogP contribution in [0.5, 0.6) is 5.75 Å². The SMILES string of the molecule is CC(C)C[C@H]1c2[nH]c3cc(OC(F)F)ccc3c2C[C@H]2C(=O)NC(CC(C)(C)O)C(=O)N21. The van der Waals surface area contributed by atoms with Crippen molar-refractivity contribution < 1.29 is 28.2 Å². The van der Waals surface area contributed by atoms with Crippen LogP contribution in [0.1, 0.15) is 57.8 Å². The molecular formula is C23H29F2N3O4. The number of aromatic nitrogens is 1. The van der Waals surface area contributed by atoms with E-state index in [-0.39, 0.29) is 35.9 Å². The molecule has 0 saturated carbocycles. The normalized spacial score (nSPS) is 23.5. The summed E-state index contributed by atoms with van der Waals surface area (Å²) in [5.41, 5.74) is 1.25. The molecule has 0 bridgehead atoms. The van der Waals surface area contributed by atoms with Gasteiger partial charge >= 0.3 is 6.61 Å². The van der Waals surface area contributed by atoms with Crippen molar-refractivity contribution >= 4 is 22.7 Å². The fourth-order valence-corrected chi connectivity index (χ4v) is 4.94. The first-order chi connectivity index (χ1) is 14.9. The van der Waals surface area contributed by atoms with Crippen molar-refractivity contribution in [2.45, 2.75) is 77.3 Å². The van der Waals surface area contributed by atoms with Crippen LogP contribution in [0.3, 0.4) is 0 Å². The van der Waals surface area contributed by atoms with E-state index in [9.17, 15) is 23.5 Å². The molecule has 0 radical (unpaired) electrons. The monoisotopic (exact) mass is 449 g/mol. The van der Waals surface area contributed by atoms with E-state index in [1.54, 1.807) is 24.8 Å². The molecule has 1 aromatic heterocycles. The summed E-state index contributed by atoms with van der Waals surface area (Å²) in [6.45, 7) is 4.38. The highest BCUT2D eigenvalue weighted by molar-refractivity contribution is 5.99. The molecule has 32 heavy (non-hydrogen) atoms. The molecule has 4 rings (SSSR count). The first-order valence-corrected chi connectivity index (χ1v) is 10.9. The number of fused-ring (bicyclic) bond motifs is 4. The molecule has 2 aliphatic rings. The van der Waals surface area contributed by atoms with Crippen LogP contribution in [0.15, 0.2) is 18.2 Å². The topological polar surface area (TPSA) is 94.7 Å². The summed E-state index contributed by atoms with van der Waals surface area (Å²) in [4.78, 5) is 31.5. The Morgan fingerprint density at radius 3 is 2.62 bits per heavy atom. The molecule has 2 aromatic rings. The highest BCUT2D eigenvalue weighted by atomic mass is 19.3. The van der Waals surface area contributed by atoms with Crippen molar-refractivity contribution in [3.8, 4) is 5.75 Å². The molecule has 1 saturated heterocycles. The molecule has 2 amide bonds. The lowest BCUT2D eigenvalue weighted by molar-refractivity contribution is -0.155. The molecule has 7 nitrogen and oxygen atoms in total. The van der Waals surface area contributed by atoms with Crippen LogP contribution in [0, 0.1) is 5.92 Å². The second-order valence-electron chi connectivity index (χ2n) is 9.79. The molecule has 3 atom stereocenters. The number of aromatic amines is 1. The third kappa shape index (κ3) is 4.18. The maximum Gasteiger partial charge on any atom is 0.387 e. The van der Waals surface area contributed by atoms with Crippen molar-refractivity contribution in [1.29, 1.82) is 0 Å². The molecule has 9 heteroatoms. The summed E-state index contributed by atoms with van der Waals surface area (Å²) in [7, 11) is 0. The van der Waals surface area contributed by atoms with Gasteiger partial charge in [-0.15, -0.1) is 0 Å². The highest BCUT2D eigenvalue weighted by Crippen LogP contribution is 2.42. The number of carbonyl (C=O) groups excluding carboxylic acids is 2. The van der Waals surface area contributed by atoms with Gasteiger partial charge in [-0.05, 0) is 43.9 Å². The first kappa shape index (κ1) is 22.5. The lowest BCUT2D eigenvalue weighted by atomic mass is 9.84. The second kappa shape index (κ2) is 8.03. The molecule has 1 unspecified atom stereocenters. The number of amides is 2. The van der Waals surface area contributed by atoms with E-state index < -0.39 is 24.3 Å². The van der Waals surface area contributed by atoms with Gasteiger partial charge in [0.15, 0.2) is 0 Å². The zero-order valence-electron chi connectivity index (χ0n) is 18.6. The summed E-state index contributed by atoms with van der Waals surface area (Å²) >= 11 is 0. The molecule has 3 heterocycles. The quantitative estimate of drug-likeness (QED) is 0.631. The van der Waals surface area contributed by atoms with E-state index in [2.05, 4.69) is 15.0 Å². The van der Waals surface area contributed by atoms with E-state index >= 15 is 0 Å². The molecule has 3 N–H and O–H groups in total. The minimum Gasteiger partial charge on any atom is -0.435 e. The van der Waals surface area contributed by atoms with Gasteiger partial charge in [0, 0.05) is 35.5 Å². The maximum atomic E-state index is 13.5. The number of nitrogens with zero attached hydrogens (tertiary/aromatic N) is 1. The van der Waals surface area contributed by atoms with Gasteiger partial charge in [0.05, 0.1) is 11.6 Å². The minimum atomic E-state index is -2.92. The summed E-state index contributed by atoms with van der Waals surface area (Å²) < 4.78 is 29.8. The zero-order chi connectivity index (χ0) is 23.4. The number of nitrogens with one attached hydrogen (secondary N) is 2. The first-order valence-electron chi connectivity index (χ1n) is 10.9. The largest absolute Gasteiger partial charge is 0.435 e. The van der Waals surface area contributed by atoms with Crippen LogP contribution in [-0.4, -0.2) is 51.1 Å². The number of hydrogen-bond acceptors (Lipinski definition) is 4. The smallest absolute Gasteiger partial charge is 0.387 e. The lowest BCUT2D eigenvalue weighted by Gasteiger charge is -2.47. The van der Waals surface area contributed by atoms with Crippen LogP contribution in [0.25, 0.3) is 10.9 Å². The number of ether oxygens (including phenoxy) is 1. The number of benzene rings is 1. The van der Waals surface area contributed by atoms with Gasteiger partial charge in [0.2, 0.25) is 11.8 Å². The Kier molecular flexibility index (Phi) is 5.65. The second-order valence-corrected chi connectivity index (χ2v) is 9.79. The van der Waals surface area contributed by atoms with Gasteiger partial charge in [-0.2, -0.15) is 8.78 Å². The highest BCUT2D eigenvalue weighted by Gasteiger charge is 2.49. The van der Waals surface area contributed by atoms with Crippen LogP contribution >= 0.6 is 0 Å². The van der Waals surface area contributed by atoms with Crippen LogP contribution in [-0.2, 0) is 16.0 Å². The van der Waals surface area contributed by atoms with Crippen molar-refractivity contribution in [2.24, 2.45) is 5.92 Å². The van der Waals surface area contributed by atoms with Gasteiger partial charge in [0.1, 0.15) is 17.8 Å². The Hall–Kier alpha value is -2.68. The Morgan fingerprint density at radius 2 is 2.00 bits per heavy atom. The van der Waals surface area contributed by atoms with Gasteiger partial charge in [0.25, 0.3) is 0 Å². The molecule has 174 valence electrons. The third-order valence-electron chi connectivity index (χ3n) is 6.11. The Balaban J connectivity index is 1.78. The number of alkyl halides is 2. The van der Waals surface area contributed by atoms with Crippen LogP contribution in [0.4, 0.5) is 8.78 Å². The third-order valence-corrected chi connectivity index (χ3v) is 6.11. The molecule has 2 aliphatic heterocycles. The van der Waals surface area contributed by atoms with E-state index in [0.29, 0.717) is 18.4 Å². The number of hydrogen-bond donors (Lipinski definition) is 3. The average Bonchev–Trinajstić information content (AvgIpc) is 3.01. The Labute approximate surface area is 185 Å². The van der Waals surface area contributed by atoms with Crippen molar-refractivity contribution in [3.63, 3.8) is 0 Å². The van der Waals surface area contributed by atoms with Gasteiger partial charge in [-0.3, -0.25) is 9.59 Å². The van der Waals surface area contributed by atoms with Gasteiger partial charge in [-0.1, -0.05) is 13.8 Å². The van der Waals surface area contributed by atoms with Gasteiger partial charge in [-0.25, -0.2) is 0 Å². The summed E-state index contributed by atoms with van der Waals surface area (Å²) in [5.74, 6) is -0.178.